The van der Waals surface area contributed by atoms with Crippen LogP contribution in [-0.2, 0) is 24.8 Å². The summed E-state index contributed by atoms with van der Waals surface area (Å²) in [7, 11) is 1.73. The van der Waals surface area contributed by atoms with E-state index in [1.807, 2.05) is 12.1 Å². The SMILES string of the molecule is Cl.Cl.Cn1c(=O)ccc2ncc(Cl)c(CCN3C[C@H](CNCc4ccc5c(n4)NC(=O)CS5)[C@H](O)C3)c21. The molecule has 1 fully saturated rings. The highest BCUT2D eigenvalue weighted by atomic mass is 35.5. The normalized spacial score (nSPS) is 19.2. The third-order valence-corrected chi connectivity index (χ3v) is 7.96. The van der Waals surface area contributed by atoms with Crippen LogP contribution in [0.15, 0.2) is 40.2 Å². The first-order chi connectivity index (χ1) is 16.9. The van der Waals surface area contributed by atoms with E-state index in [-0.39, 0.29) is 42.2 Å². The largest absolute Gasteiger partial charge is 0.391 e. The van der Waals surface area contributed by atoms with Gasteiger partial charge >= 0.3 is 0 Å². The van der Waals surface area contributed by atoms with E-state index in [1.165, 1.54) is 17.8 Å². The van der Waals surface area contributed by atoms with Crippen molar-refractivity contribution in [3.8, 4) is 0 Å². The van der Waals surface area contributed by atoms with Crippen LogP contribution in [0, 0.1) is 5.92 Å². The number of pyridine rings is 3. The van der Waals surface area contributed by atoms with Crippen LogP contribution in [0.3, 0.4) is 0 Å². The zero-order valence-corrected chi connectivity index (χ0v) is 23.4. The summed E-state index contributed by atoms with van der Waals surface area (Å²) in [5.74, 6) is 1.11. The highest BCUT2D eigenvalue weighted by Crippen LogP contribution is 2.30. The zero-order valence-electron chi connectivity index (χ0n) is 20.1. The number of fused-ring (bicyclic) bond motifs is 2. The molecule has 0 aliphatic carbocycles. The Kier molecular flexibility index (Phi) is 10.2. The van der Waals surface area contributed by atoms with Crippen molar-refractivity contribution in [3.05, 3.63) is 57.1 Å². The number of nitrogens with one attached hydrogen (secondary N) is 2. The fourth-order valence-electron chi connectivity index (χ4n) is 4.72. The van der Waals surface area contributed by atoms with E-state index in [2.05, 4.69) is 25.5 Å². The molecule has 0 unspecified atom stereocenters. The van der Waals surface area contributed by atoms with Crippen molar-refractivity contribution in [1.82, 2.24) is 24.8 Å². The van der Waals surface area contributed by atoms with E-state index in [0.29, 0.717) is 42.6 Å². The van der Waals surface area contributed by atoms with Gasteiger partial charge in [-0.15, -0.1) is 36.6 Å². The topological polar surface area (TPSA) is 112 Å². The van der Waals surface area contributed by atoms with Crippen LogP contribution in [0.1, 0.15) is 11.3 Å². The number of halogens is 3. The molecule has 1 saturated heterocycles. The summed E-state index contributed by atoms with van der Waals surface area (Å²) in [5, 5.41) is 17.4. The van der Waals surface area contributed by atoms with E-state index < -0.39 is 6.10 Å². The number of likely N-dealkylation sites (tertiary alicyclic amines) is 1. The minimum Gasteiger partial charge on any atom is -0.391 e. The van der Waals surface area contributed by atoms with Gasteiger partial charge in [-0.2, -0.15) is 0 Å². The molecule has 5 rings (SSSR count). The molecule has 3 N–H and O–H groups in total. The van der Waals surface area contributed by atoms with E-state index in [0.717, 1.165) is 40.3 Å². The third kappa shape index (κ3) is 6.57. The Labute approximate surface area is 236 Å². The molecule has 0 bridgehead atoms. The molecule has 3 aromatic heterocycles. The van der Waals surface area contributed by atoms with Gasteiger partial charge in [0.05, 0.1) is 38.5 Å². The maximum absolute atomic E-state index is 12.1. The van der Waals surface area contributed by atoms with Gasteiger partial charge in [-0.25, -0.2) is 4.98 Å². The predicted molar refractivity (Wildman–Crippen MR) is 151 cm³/mol. The summed E-state index contributed by atoms with van der Waals surface area (Å²) >= 11 is 7.96. The van der Waals surface area contributed by atoms with Crippen molar-refractivity contribution in [3.63, 3.8) is 0 Å². The molecule has 0 spiro atoms. The molecule has 13 heteroatoms. The van der Waals surface area contributed by atoms with Crippen molar-refractivity contribution in [1.29, 1.82) is 0 Å². The number of aliphatic hydroxyl groups is 1. The minimum atomic E-state index is -0.427. The number of β-amino-alcohol motifs (C(OH)–C–C–N with tert-alkyl or cyclic N) is 1. The van der Waals surface area contributed by atoms with Gasteiger partial charge in [0, 0.05) is 58.0 Å². The van der Waals surface area contributed by atoms with Crippen LogP contribution in [0.2, 0.25) is 5.02 Å². The van der Waals surface area contributed by atoms with Crippen LogP contribution in [0.25, 0.3) is 11.0 Å². The molecule has 2 atom stereocenters. The minimum absolute atomic E-state index is 0. The number of hydrogen-bond acceptors (Lipinski definition) is 8. The van der Waals surface area contributed by atoms with Crippen LogP contribution in [0.5, 0.6) is 0 Å². The number of aryl methyl sites for hydroxylation is 1. The van der Waals surface area contributed by atoms with E-state index >= 15 is 0 Å². The summed E-state index contributed by atoms with van der Waals surface area (Å²) in [5.41, 5.74) is 3.15. The molecular weight excluding hydrogens is 559 g/mol. The lowest BCUT2D eigenvalue weighted by Gasteiger charge is -2.18. The Balaban J connectivity index is 0.00000190. The Bertz CT molecular complexity index is 1340. The first-order valence-corrected chi connectivity index (χ1v) is 12.9. The highest BCUT2D eigenvalue weighted by Gasteiger charge is 2.31. The molecule has 0 aromatic carbocycles. The number of nitrogens with zero attached hydrogens (tertiary/aromatic N) is 4. The Morgan fingerprint density at radius 3 is 2.84 bits per heavy atom. The molecule has 5 heterocycles. The molecule has 200 valence electrons. The number of amides is 1. The van der Waals surface area contributed by atoms with Crippen molar-refractivity contribution >= 4 is 70.9 Å². The van der Waals surface area contributed by atoms with Crippen LogP contribution in [-0.4, -0.2) is 68.5 Å². The van der Waals surface area contributed by atoms with Crippen molar-refractivity contribution in [2.45, 2.75) is 24.0 Å². The smallest absolute Gasteiger partial charge is 0.250 e. The van der Waals surface area contributed by atoms with Crippen LogP contribution in [0.4, 0.5) is 5.82 Å². The molecule has 2 aliphatic rings. The van der Waals surface area contributed by atoms with E-state index in [9.17, 15) is 14.7 Å². The summed E-state index contributed by atoms with van der Waals surface area (Å²) in [6.45, 7) is 3.29. The molecular formula is C24H29Cl3N6O3S. The fraction of sp³-hybridized carbons (Fsp3) is 0.417. The lowest BCUT2D eigenvalue weighted by atomic mass is 10.1. The second-order valence-corrected chi connectivity index (χ2v) is 10.4. The van der Waals surface area contributed by atoms with Gasteiger partial charge in [0.25, 0.3) is 5.56 Å². The summed E-state index contributed by atoms with van der Waals surface area (Å²) in [4.78, 5) is 35.9. The third-order valence-electron chi connectivity index (χ3n) is 6.59. The first kappa shape index (κ1) is 29.6. The van der Waals surface area contributed by atoms with Gasteiger partial charge in [-0.1, -0.05) is 11.6 Å². The molecule has 3 aromatic rings. The maximum Gasteiger partial charge on any atom is 0.250 e. The van der Waals surface area contributed by atoms with Crippen LogP contribution < -0.4 is 16.2 Å². The Morgan fingerprint density at radius 2 is 2.03 bits per heavy atom. The molecule has 9 nitrogen and oxygen atoms in total. The average molecular weight is 588 g/mol. The van der Waals surface area contributed by atoms with Crippen molar-refractivity contribution in [2.75, 3.05) is 37.2 Å². The second kappa shape index (κ2) is 12.8. The summed E-state index contributed by atoms with van der Waals surface area (Å²) in [6, 6.07) is 7.18. The summed E-state index contributed by atoms with van der Waals surface area (Å²) < 4.78 is 1.59. The predicted octanol–water partition coefficient (Wildman–Crippen LogP) is 2.49. The Morgan fingerprint density at radius 1 is 1.22 bits per heavy atom. The number of hydrogen-bond donors (Lipinski definition) is 3. The molecule has 0 saturated carbocycles. The van der Waals surface area contributed by atoms with Gasteiger partial charge in [-0.3, -0.25) is 14.6 Å². The molecule has 37 heavy (non-hydrogen) atoms. The first-order valence-electron chi connectivity index (χ1n) is 11.6. The number of rotatable bonds is 7. The molecule has 1 amide bonds. The fourth-order valence-corrected chi connectivity index (χ4v) is 5.71. The number of anilines is 1. The maximum atomic E-state index is 12.1. The average Bonchev–Trinajstić information content (AvgIpc) is 3.19. The number of carbonyl (C=O) groups excluding carboxylic acids is 1. The standard InChI is InChI=1S/C24H27ClN6O3S.2ClH/c1-30-22(34)5-3-18-23(30)16(17(25)10-27-18)6-7-31-11-14(19(32)12-31)8-26-9-15-2-4-20-24(28-15)29-21(33)13-35-20;;/h2-5,10,14,19,26,32H,6-9,11-13H2,1H3,(H,28,29,33);2*1H/t14-,19+;;/m0../s1. The second-order valence-electron chi connectivity index (χ2n) is 9.00. The Hall–Kier alpha value is -1.92. The van der Waals surface area contributed by atoms with Gasteiger partial charge in [-0.05, 0) is 30.2 Å². The van der Waals surface area contributed by atoms with Gasteiger partial charge in [0.15, 0.2) is 0 Å². The summed E-state index contributed by atoms with van der Waals surface area (Å²) in [6.07, 6.45) is 1.86. The molecule has 0 radical (unpaired) electrons. The van der Waals surface area contributed by atoms with Crippen molar-refractivity contribution in [2.24, 2.45) is 13.0 Å². The number of carbonyl (C=O) groups is 1. The van der Waals surface area contributed by atoms with Crippen LogP contribution >= 0.6 is 48.2 Å². The van der Waals surface area contributed by atoms with Crippen molar-refractivity contribution < 1.29 is 9.90 Å². The zero-order chi connectivity index (χ0) is 24.5. The van der Waals surface area contributed by atoms with E-state index in [4.69, 9.17) is 11.6 Å². The number of aliphatic hydroxyl groups excluding tert-OH is 1. The highest BCUT2D eigenvalue weighted by molar-refractivity contribution is 8.00. The number of thioether (sulfide) groups is 1. The van der Waals surface area contributed by atoms with E-state index in [1.54, 1.807) is 23.9 Å². The number of aromatic nitrogens is 3. The monoisotopic (exact) mass is 586 g/mol. The quantitative estimate of drug-likeness (QED) is 0.387. The lowest BCUT2D eigenvalue weighted by molar-refractivity contribution is -0.113. The van der Waals surface area contributed by atoms with Gasteiger partial charge in [0.1, 0.15) is 5.82 Å². The van der Waals surface area contributed by atoms with Gasteiger partial charge in [0.2, 0.25) is 5.91 Å². The lowest BCUT2D eigenvalue weighted by Crippen LogP contribution is -2.30. The molecule has 2 aliphatic heterocycles. The van der Waals surface area contributed by atoms with Gasteiger partial charge < -0.3 is 25.2 Å².